The zero-order chi connectivity index (χ0) is 13.4. The maximum absolute atomic E-state index is 13.3. The summed E-state index contributed by atoms with van der Waals surface area (Å²) in [5.41, 5.74) is 0. The zero-order valence-corrected chi connectivity index (χ0v) is 12.7. The van der Waals surface area contributed by atoms with E-state index in [1.165, 1.54) is 17.8 Å². The molecule has 0 aliphatic rings. The van der Waals surface area contributed by atoms with Gasteiger partial charge in [-0.05, 0) is 26.1 Å². The standard InChI is InChI=1S/C13H19FN2OS.ClH/c1-10(15-2)9-16-13(17)7-8-18-12-6-4-3-5-11(12)14;/h3-6,10,15H,7-9H2,1-2H3,(H,16,17);1H. The Balaban J connectivity index is 0.00000324. The molecule has 0 saturated heterocycles. The first-order valence-corrected chi connectivity index (χ1v) is 6.93. The van der Waals surface area contributed by atoms with Crippen LogP contribution in [-0.4, -0.2) is 31.3 Å². The van der Waals surface area contributed by atoms with Crippen LogP contribution < -0.4 is 10.6 Å². The molecule has 0 aliphatic carbocycles. The van der Waals surface area contributed by atoms with E-state index in [9.17, 15) is 9.18 Å². The maximum atomic E-state index is 13.3. The van der Waals surface area contributed by atoms with Crippen LogP contribution in [0.4, 0.5) is 4.39 Å². The summed E-state index contributed by atoms with van der Waals surface area (Å²) in [5.74, 6) is 0.355. The van der Waals surface area contributed by atoms with Crippen LogP contribution in [0.5, 0.6) is 0 Å². The molecular formula is C13H20ClFN2OS. The summed E-state index contributed by atoms with van der Waals surface area (Å²) in [5, 5.41) is 5.87. The second-order valence-corrected chi connectivity index (χ2v) is 5.16. The summed E-state index contributed by atoms with van der Waals surface area (Å²) in [4.78, 5) is 12.1. The van der Waals surface area contributed by atoms with E-state index in [1.807, 2.05) is 14.0 Å². The number of benzene rings is 1. The van der Waals surface area contributed by atoms with Crippen molar-refractivity contribution in [2.45, 2.75) is 24.3 Å². The molecule has 6 heteroatoms. The molecule has 3 nitrogen and oxygen atoms in total. The third-order valence-corrected chi connectivity index (χ3v) is 3.57. The zero-order valence-electron chi connectivity index (χ0n) is 11.1. The number of hydrogen-bond donors (Lipinski definition) is 2. The lowest BCUT2D eigenvalue weighted by Crippen LogP contribution is -2.37. The summed E-state index contributed by atoms with van der Waals surface area (Å²) >= 11 is 1.36. The van der Waals surface area contributed by atoms with E-state index in [-0.39, 0.29) is 30.2 Å². The van der Waals surface area contributed by atoms with Crippen LogP contribution in [0.3, 0.4) is 0 Å². The van der Waals surface area contributed by atoms with Gasteiger partial charge in [-0.25, -0.2) is 4.39 Å². The molecule has 0 fully saturated rings. The van der Waals surface area contributed by atoms with Crippen LogP contribution >= 0.6 is 24.2 Å². The minimum absolute atomic E-state index is 0. The summed E-state index contributed by atoms with van der Waals surface area (Å²) in [6.45, 7) is 2.61. The van der Waals surface area contributed by atoms with E-state index in [4.69, 9.17) is 0 Å². The number of carbonyl (C=O) groups excluding carboxylic acids is 1. The van der Waals surface area contributed by atoms with Gasteiger partial charge in [0.05, 0.1) is 0 Å². The minimum Gasteiger partial charge on any atom is -0.355 e. The molecule has 108 valence electrons. The quantitative estimate of drug-likeness (QED) is 0.760. The molecule has 0 spiro atoms. The van der Waals surface area contributed by atoms with Crippen LogP contribution in [0.2, 0.25) is 0 Å². The van der Waals surface area contributed by atoms with Crippen LogP contribution in [0.15, 0.2) is 29.2 Å². The highest BCUT2D eigenvalue weighted by Gasteiger charge is 2.05. The molecule has 1 rings (SSSR count). The lowest BCUT2D eigenvalue weighted by molar-refractivity contribution is -0.120. The number of thioether (sulfide) groups is 1. The Kier molecular flexibility index (Phi) is 9.65. The smallest absolute Gasteiger partial charge is 0.220 e. The van der Waals surface area contributed by atoms with Gasteiger partial charge in [0.2, 0.25) is 5.91 Å². The molecule has 1 amide bonds. The third kappa shape index (κ3) is 7.40. The first-order chi connectivity index (χ1) is 8.63. The van der Waals surface area contributed by atoms with Crippen LogP contribution in [-0.2, 0) is 4.79 Å². The van der Waals surface area contributed by atoms with Crippen LogP contribution in [0.1, 0.15) is 13.3 Å². The second kappa shape index (κ2) is 10.1. The fourth-order valence-electron chi connectivity index (χ4n) is 1.27. The summed E-state index contributed by atoms with van der Waals surface area (Å²) in [6.07, 6.45) is 0.398. The van der Waals surface area contributed by atoms with Crippen LogP contribution in [0.25, 0.3) is 0 Å². The number of carbonyl (C=O) groups is 1. The van der Waals surface area contributed by atoms with Gasteiger partial charge in [0.1, 0.15) is 5.82 Å². The summed E-state index contributed by atoms with van der Waals surface area (Å²) < 4.78 is 13.3. The van der Waals surface area contributed by atoms with Gasteiger partial charge in [0.15, 0.2) is 0 Å². The lowest BCUT2D eigenvalue weighted by atomic mass is 10.3. The Bertz CT molecular complexity index is 393. The van der Waals surface area contributed by atoms with E-state index in [0.717, 1.165) is 0 Å². The predicted molar refractivity (Wildman–Crippen MR) is 80.5 cm³/mol. The van der Waals surface area contributed by atoms with Crippen molar-refractivity contribution in [1.82, 2.24) is 10.6 Å². The fourth-order valence-corrected chi connectivity index (χ4v) is 2.16. The van der Waals surface area contributed by atoms with E-state index in [1.54, 1.807) is 18.2 Å². The molecule has 0 heterocycles. The first-order valence-electron chi connectivity index (χ1n) is 5.94. The summed E-state index contributed by atoms with van der Waals surface area (Å²) in [7, 11) is 1.85. The molecule has 0 saturated carbocycles. The molecule has 1 aromatic rings. The van der Waals surface area contributed by atoms with Crippen molar-refractivity contribution in [1.29, 1.82) is 0 Å². The lowest BCUT2D eigenvalue weighted by Gasteiger charge is -2.11. The van der Waals surface area contributed by atoms with Gasteiger partial charge in [-0.3, -0.25) is 4.79 Å². The average molecular weight is 307 g/mol. The van der Waals surface area contributed by atoms with Crippen molar-refractivity contribution in [2.24, 2.45) is 0 Å². The topological polar surface area (TPSA) is 41.1 Å². The highest BCUT2D eigenvalue weighted by atomic mass is 35.5. The van der Waals surface area contributed by atoms with Gasteiger partial charge < -0.3 is 10.6 Å². The van der Waals surface area contributed by atoms with E-state index in [0.29, 0.717) is 23.6 Å². The van der Waals surface area contributed by atoms with Crippen molar-refractivity contribution < 1.29 is 9.18 Å². The van der Waals surface area contributed by atoms with Gasteiger partial charge >= 0.3 is 0 Å². The Morgan fingerprint density at radius 3 is 2.74 bits per heavy atom. The highest BCUT2D eigenvalue weighted by Crippen LogP contribution is 2.21. The number of rotatable bonds is 7. The van der Waals surface area contributed by atoms with Crippen molar-refractivity contribution in [2.75, 3.05) is 19.3 Å². The molecular weight excluding hydrogens is 287 g/mol. The molecule has 0 radical (unpaired) electrons. The Labute approximate surface area is 124 Å². The number of likely N-dealkylation sites (N-methyl/N-ethyl adjacent to an activating group) is 1. The van der Waals surface area contributed by atoms with Crippen molar-refractivity contribution in [3.05, 3.63) is 30.1 Å². The number of nitrogens with one attached hydrogen (secondary N) is 2. The normalized spacial score (nSPS) is 11.5. The monoisotopic (exact) mass is 306 g/mol. The molecule has 0 bridgehead atoms. The molecule has 0 aliphatic heterocycles. The average Bonchev–Trinajstić information content (AvgIpc) is 2.38. The third-order valence-electron chi connectivity index (χ3n) is 2.52. The number of amides is 1. The predicted octanol–water partition coefficient (Wildman–Crippen LogP) is 2.45. The number of halogens is 2. The molecule has 1 unspecified atom stereocenters. The van der Waals surface area contributed by atoms with Crippen molar-refractivity contribution in [3.63, 3.8) is 0 Å². The van der Waals surface area contributed by atoms with Crippen molar-refractivity contribution >= 4 is 30.1 Å². The molecule has 19 heavy (non-hydrogen) atoms. The first kappa shape index (κ1) is 18.2. The van der Waals surface area contributed by atoms with E-state index < -0.39 is 0 Å². The van der Waals surface area contributed by atoms with E-state index in [2.05, 4.69) is 10.6 Å². The minimum atomic E-state index is -0.230. The van der Waals surface area contributed by atoms with Gasteiger partial charge in [-0.1, -0.05) is 12.1 Å². The molecule has 2 N–H and O–H groups in total. The highest BCUT2D eigenvalue weighted by molar-refractivity contribution is 7.99. The Morgan fingerprint density at radius 1 is 1.42 bits per heavy atom. The number of hydrogen-bond acceptors (Lipinski definition) is 3. The molecule has 0 aromatic heterocycles. The molecule has 1 aromatic carbocycles. The van der Waals surface area contributed by atoms with Crippen LogP contribution in [0, 0.1) is 5.82 Å². The van der Waals surface area contributed by atoms with Gasteiger partial charge in [0.25, 0.3) is 0 Å². The Morgan fingerprint density at radius 2 is 2.11 bits per heavy atom. The Hall–Kier alpha value is -0.780. The second-order valence-electron chi connectivity index (χ2n) is 4.02. The van der Waals surface area contributed by atoms with Gasteiger partial charge in [-0.15, -0.1) is 24.2 Å². The molecule has 1 atom stereocenters. The maximum Gasteiger partial charge on any atom is 0.220 e. The van der Waals surface area contributed by atoms with E-state index >= 15 is 0 Å². The van der Waals surface area contributed by atoms with Crippen molar-refractivity contribution in [3.8, 4) is 0 Å². The SMILES string of the molecule is CNC(C)CNC(=O)CCSc1ccccc1F.Cl. The van der Waals surface area contributed by atoms with Gasteiger partial charge in [-0.2, -0.15) is 0 Å². The summed E-state index contributed by atoms with van der Waals surface area (Å²) in [6, 6.07) is 6.86. The fraction of sp³-hybridized carbons (Fsp3) is 0.462. The largest absolute Gasteiger partial charge is 0.355 e. The van der Waals surface area contributed by atoms with Gasteiger partial charge in [0, 0.05) is 29.7 Å².